The van der Waals surface area contributed by atoms with Gasteiger partial charge in [0.1, 0.15) is 11.8 Å². The zero-order valence-electron chi connectivity index (χ0n) is 27.6. The summed E-state index contributed by atoms with van der Waals surface area (Å²) in [5.41, 5.74) is 3.42. The van der Waals surface area contributed by atoms with Gasteiger partial charge in [0.05, 0.1) is 35.8 Å². The number of anilines is 2. The van der Waals surface area contributed by atoms with Gasteiger partial charge in [-0.3, -0.25) is 14.4 Å². The second-order valence-corrected chi connectivity index (χ2v) is 14.5. The summed E-state index contributed by atoms with van der Waals surface area (Å²) in [5, 5.41) is 10.6. The van der Waals surface area contributed by atoms with Gasteiger partial charge in [-0.05, 0) is 74.9 Å². The molecule has 246 valence electrons. The first kappa shape index (κ1) is 33.8. The molecule has 3 aliphatic rings. The molecule has 2 aromatic rings. The van der Waals surface area contributed by atoms with Crippen LogP contribution < -0.4 is 14.5 Å². The second-order valence-electron chi connectivity index (χ2n) is 12.9. The van der Waals surface area contributed by atoms with Crippen LogP contribution in [0.5, 0.6) is 5.75 Å². The number of amides is 3. The molecule has 6 atom stereocenters. The molecule has 0 saturated carbocycles. The van der Waals surface area contributed by atoms with E-state index in [4.69, 9.17) is 4.74 Å². The molecule has 9 heteroatoms. The standard InChI is InChI=1S/C37H47N3O5S/c1-8-20-38(26-14-16-27(17-15-26)45-10-3)34(42)30-29-18-19-37(46-29)31(30)35(43)40(28(22-41)23(4)5)33(37)36(44)39(21-9-2)32-24(6)12-11-13-25(32)7/h8-9,11-17,23,28-31,33,41H,1-2,10,18-22H2,3-7H3/t28-,29+,30-,31-,33?,37?/m0/s1. The molecule has 3 saturated heterocycles. The number of carbonyl (C=O) groups is 3. The Balaban J connectivity index is 1.60. The van der Waals surface area contributed by atoms with Crippen LogP contribution in [-0.2, 0) is 14.4 Å². The maximum atomic E-state index is 15.1. The molecule has 3 amide bonds. The van der Waals surface area contributed by atoms with E-state index in [1.165, 1.54) is 0 Å². The van der Waals surface area contributed by atoms with Gasteiger partial charge in [-0.15, -0.1) is 24.9 Å². The highest BCUT2D eigenvalue weighted by Crippen LogP contribution is 2.67. The molecule has 2 unspecified atom stereocenters. The molecule has 5 rings (SSSR count). The number of aliphatic hydroxyl groups is 1. The second kappa shape index (κ2) is 13.7. The van der Waals surface area contributed by atoms with Crippen LogP contribution in [-0.4, -0.2) is 76.1 Å². The Morgan fingerprint density at radius 1 is 1.07 bits per heavy atom. The number of hydrogen-bond acceptors (Lipinski definition) is 6. The SMILES string of the molecule is C=CCN(C(=O)[C@@H]1[C@H]2C(=O)N([C@@H](CO)C(C)C)C(C(=O)N(CC=C)c3c(C)cccc3C)C23CC[C@H]1S3)c1ccc(OCC)cc1. The van der Waals surface area contributed by atoms with Crippen LogP contribution in [0.15, 0.2) is 67.8 Å². The first-order valence-corrected chi connectivity index (χ1v) is 17.2. The minimum Gasteiger partial charge on any atom is -0.494 e. The van der Waals surface area contributed by atoms with Crippen molar-refractivity contribution in [3.8, 4) is 5.75 Å². The molecule has 0 radical (unpaired) electrons. The fourth-order valence-corrected chi connectivity index (χ4v) is 10.1. The zero-order valence-corrected chi connectivity index (χ0v) is 28.5. The number of ether oxygens (including phenoxy) is 1. The molecule has 8 nitrogen and oxygen atoms in total. The molecular weight excluding hydrogens is 598 g/mol. The predicted octanol–water partition coefficient (Wildman–Crippen LogP) is 5.55. The van der Waals surface area contributed by atoms with Crippen molar-refractivity contribution in [2.45, 2.75) is 69.5 Å². The van der Waals surface area contributed by atoms with Crippen LogP contribution in [0.1, 0.15) is 44.7 Å². The number of rotatable bonds is 13. The number of likely N-dealkylation sites (tertiary alicyclic amines) is 1. The lowest BCUT2D eigenvalue weighted by Crippen LogP contribution is -2.58. The van der Waals surface area contributed by atoms with Gasteiger partial charge < -0.3 is 24.5 Å². The van der Waals surface area contributed by atoms with E-state index in [1.54, 1.807) is 38.6 Å². The van der Waals surface area contributed by atoms with Gasteiger partial charge >= 0.3 is 0 Å². The normalized spacial score (nSPS) is 25.4. The molecule has 2 bridgehead atoms. The quantitative estimate of drug-likeness (QED) is 0.288. The molecule has 3 aliphatic heterocycles. The van der Waals surface area contributed by atoms with Gasteiger partial charge in [-0.25, -0.2) is 0 Å². The van der Waals surface area contributed by atoms with E-state index in [1.807, 2.05) is 77.1 Å². The first-order valence-electron chi connectivity index (χ1n) is 16.3. The van der Waals surface area contributed by atoms with Crippen molar-refractivity contribution in [1.29, 1.82) is 0 Å². The van der Waals surface area contributed by atoms with E-state index >= 15 is 4.79 Å². The summed E-state index contributed by atoms with van der Waals surface area (Å²) in [6.07, 6.45) is 4.77. The third kappa shape index (κ3) is 5.55. The van der Waals surface area contributed by atoms with Gasteiger partial charge in [0.25, 0.3) is 5.91 Å². The van der Waals surface area contributed by atoms with E-state index in [0.717, 1.165) is 23.2 Å². The third-order valence-electron chi connectivity index (χ3n) is 9.90. The minimum atomic E-state index is -0.838. The van der Waals surface area contributed by atoms with Gasteiger partial charge in [-0.2, -0.15) is 0 Å². The highest BCUT2D eigenvalue weighted by atomic mass is 32.2. The Kier molecular flexibility index (Phi) is 10.0. The summed E-state index contributed by atoms with van der Waals surface area (Å²) in [5.74, 6) is -1.25. The van der Waals surface area contributed by atoms with E-state index in [2.05, 4.69) is 13.2 Å². The van der Waals surface area contributed by atoms with Crippen LogP contribution in [0.2, 0.25) is 0 Å². The Morgan fingerprint density at radius 3 is 2.26 bits per heavy atom. The number of aryl methyl sites for hydroxylation is 2. The first-order chi connectivity index (χ1) is 22.1. The molecule has 3 heterocycles. The largest absolute Gasteiger partial charge is 0.494 e. The van der Waals surface area contributed by atoms with Crippen molar-refractivity contribution in [2.24, 2.45) is 17.8 Å². The lowest BCUT2D eigenvalue weighted by atomic mass is 9.70. The van der Waals surface area contributed by atoms with Gasteiger partial charge in [0.2, 0.25) is 11.8 Å². The van der Waals surface area contributed by atoms with Gasteiger partial charge in [-0.1, -0.05) is 44.2 Å². The fraction of sp³-hybridized carbons (Fsp3) is 0.486. The Labute approximate surface area is 277 Å². The van der Waals surface area contributed by atoms with Gasteiger partial charge in [0.15, 0.2) is 0 Å². The summed E-state index contributed by atoms with van der Waals surface area (Å²) < 4.78 is 4.82. The average molecular weight is 646 g/mol. The van der Waals surface area contributed by atoms with Crippen molar-refractivity contribution >= 4 is 40.9 Å². The predicted molar refractivity (Wildman–Crippen MR) is 185 cm³/mol. The van der Waals surface area contributed by atoms with Crippen molar-refractivity contribution in [3.05, 3.63) is 78.9 Å². The molecule has 46 heavy (non-hydrogen) atoms. The smallest absolute Gasteiger partial charge is 0.251 e. The van der Waals surface area contributed by atoms with E-state index in [0.29, 0.717) is 24.5 Å². The van der Waals surface area contributed by atoms with Crippen molar-refractivity contribution in [2.75, 3.05) is 36.1 Å². The van der Waals surface area contributed by atoms with E-state index in [-0.39, 0.29) is 48.6 Å². The number of hydrogen-bond donors (Lipinski definition) is 1. The molecular formula is C37H47N3O5S. The van der Waals surface area contributed by atoms with Crippen LogP contribution in [0.3, 0.4) is 0 Å². The summed E-state index contributed by atoms with van der Waals surface area (Å²) in [6, 6.07) is 11.9. The summed E-state index contributed by atoms with van der Waals surface area (Å²) in [4.78, 5) is 49.6. The maximum Gasteiger partial charge on any atom is 0.251 e. The van der Waals surface area contributed by atoms with Crippen LogP contribution >= 0.6 is 11.8 Å². The number of thioether (sulfide) groups is 1. The third-order valence-corrected chi connectivity index (χ3v) is 11.8. The summed E-state index contributed by atoms with van der Waals surface area (Å²) in [6.45, 7) is 18.5. The topological polar surface area (TPSA) is 90.4 Å². The molecule has 2 aromatic carbocycles. The number of aliphatic hydroxyl groups excluding tert-OH is 1. The molecule has 1 N–H and O–H groups in total. The lowest BCUT2D eigenvalue weighted by Gasteiger charge is -2.41. The number of nitrogens with zero attached hydrogens (tertiary/aromatic N) is 3. The fourth-order valence-electron chi connectivity index (χ4n) is 7.95. The molecule has 1 spiro atoms. The lowest BCUT2D eigenvalue weighted by molar-refractivity contribution is -0.142. The zero-order chi connectivity index (χ0) is 33.3. The average Bonchev–Trinajstić information content (AvgIpc) is 3.67. The Morgan fingerprint density at radius 2 is 1.70 bits per heavy atom. The number of para-hydroxylation sites is 1. The molecule has 0 aliphatic carbocycles. The van der Waals surface area contributed by atoms with Gasteiger partial charge in [0, 0.05) is 29.7 Å². The minimum absolute atomic E-state index is 0.103. The number of benzene rings is 2. The van der Waals surface area contributed by atoms with Crippen LogP contribution in [0.4, 0.5) is 11.4 Å². The summed E-state index contributed by atoms with van der Waals surface area (Å²) >= 11 is 1.64. The van der Waals surface area contributed by atoms with Crippen molar-refractivity contribution in [3.63, 3.8) is 0 Å². The van der Waals surface area contributed by atoms with Crippen molar-refractivity contribution < 1.29 is 24.2 Å². The number of carbonyl (C=O) groups excluding carboxylic acids is 3. The highest BCUT2D eigenvalue weighted by molar-refractivity contribution is 8.02. The van der Waals surface area contributed by atoms with E-state index < -0.39 is 28.7 Å². The van der Waals surface area contributed by atoms with Crippen LogP contribution in [0.25, 0.3) is 0 Å². The molecule has 0 aromatic heterocycles. The number of fused-ring (bicyclic) bond motifs is 1. The monoisotopic (exact) mass is 645 g/mol. The Hall–Kier alpha value is -3.56. The van der Waals surface area contributed by atoms with E-state index in [9.17, 15) is 14.7 Å². The Bertz CT molecular complexity index is 1470. The maximum absolute atomic E-state index is 15.1. The highest BCUT2D eigenvalue weighted by Gasteiger charge is 2.75. The van der Waals surface area contributed by atoms with Crippen LogP contribution in [0, 0.1) is 31.6 Å². The van der Waals surface area contributed by atoms with Crippen molar-refractivity contribution in [1.82, 2.24) is 4.90 Å². The summed E-state index contributed by atoms with van der Waals surface area (Å²) in [7, 11) is 0. The molecule has 3 fully saturated rings.